The summed E-state index contributed by atoms with van der Waals surface area (Å²) in [5.41, 5.74) is 0.128. The van der Waals surface area contributed by atoms with Crippen LogP contribution in [0.5, 0.6) is 0 Å². The SMILES string of the molecule is C=C1C(=O)CC[C@@H]2[C@@](C)(CCC(C)CC(=O)O)[C@H](C)[C@@H](OC(C)=O)C[C@]12C. The summed E-state index contributed by atoms with van der Waals surface area (Å²) in [7, 11) is 0. The van der Waals surface area contributed by atoms with E-state index in [1.807, 2.05) is 6.92 Å². The van der Waals surface area contributed by atoms with Crippen molar-refractivity contribution in [2.24, 2.45) is 28.6 Å². The molecule has 0 saturated heterocycles. The second kappa shape index (κ2) is 7.76. The van der Waals surface area contributed by atoms with E-state index < -0.39 is 5.97 Å². The molecule has 1 unspecified atom stereocenters. The molecule has 27 heavy (non-hydrogen) atoms. The van der Waals surface area contributed by atoms with Gasteiger partial charge in [0.15, 0.2) is 5.78 Å². The van der Waals surface area contributed by atoms with Crippen LogP contribution in [-0.2, 0) is 19.1 Å². The van der Waals surface area contributed by atoms with Crippen molar-refractivity contribution >= 4 is 17.7 Å². The Kier molecular flexibility index (Phi) is 6.23. The Morgan fingerprint density at radius 2 is 2.00 bits per heavy atom. The van der Waals surface area contributed by atoms with Gasteiger partial charge in [-0.25, -0.2) is 0 Å². The zero-order valence-electron chi connectivity index (χ0n) is 17.3. The number of carbonyl (C=O) groups excluding carboxylic acids is 2. The first kappa shape index (κ1) is 21.6. The molecule has 6 atom stereocenters. The summed E-state index contributed by atoms with van der Waals surface area (Å²) in [6.45, 7) is 14.0. The average Bonchev–Trinajstić information content (AvgIpc) is 2.54. The summed E-state index contributed by atoms with van der Waals surface area (Å²) >= 11 is 0. The Morgan fingerprint density at radius 3 is 2.56 bits per heavy atom. The third-order valence-electron chi connectivity index (χ3n) is 7.49. The number of carboxylic acid groups (broad SMARTS) is 1. The standard InChI is InChI=1S/C22H34O5/c1-13(11-20(25)26)9-10-21(5)15(3)18(27-16(4)23)12-22(6)14(2)17(24)7-8-19(21)22/h13,15,18-19H,2,7-12H2,1,3-6H3,(H,25,26)/t13?,15-,18+,19-,21+,22-/m1/s1. The highest BCUT2D eigenvalue weighted by atomic mass is 16.5. The fraction of sp³-hybridized carbons (Fsp3) is 0.773. The van der Waals surface area contributed by atoms with Crippen LogP contribution in [0, 0.1) is 28.6 Å². The largest absolute Gasteiger partial charge is 0.481 e. The number of aliphatic carboxylic acids is 1. The number of hydrogen-bond donors (Lipinski definition) is 1. The van der Waals surface area contributed by atoms with Crippen LogP contribution in [-0.4, -0.2) is 28.9 Å². The number of ketones is 1. The van der Waals surface area contributed by atoms with E-state index in [4.69, 9.17) is 9.84 Å². The molecule has 2 aliphatic rings. The minimum absolute atomic E-state index is 0.0836. The van der Waals surface area contributed by atoms with E-state index in [9.17, 15) is 14.4 Å². The molecule has 2 fully saturated rings. The Hall–Kier alpha value is -1.65. The normalized spacial score (nSPS) is 37.4. The number of esters is 1. The number of ether oxygens (including phenoxy) is 1. The molecule has 0 aromatic carbocycles. The van der Waals surface area contributed by atoms with Gasteiger partial charge in [0.05, 0.1) is 0 Å². The summed E-state index contributed by atoms with van der Waals surface area (Å²) in [6.07, 6.45) is 3.51. The minimum Gasteiger partial charge on any atom is -0.481 e. The maximum Gasteiger partial charge on any atom is 0.303 e. The summed E-state index contributed by atoms with van der Waals surface area (Å²) in [5.74, 6) is -0.467. The molecule has 0 spiro atoms. The van der Waals surface area contributed by atoms with Crippen molar-refractivity contribution < 1.29 is 24.2 Å². The van der Waals surface area contributed by atoms with Gasteiger partial charge in [-0.2, -0.15) is 0 Å². The van der Waals surface area contributed by atoms with Gasteiger partial charge >= 0.3 is 11.9 Å². The lowest BCUT2D eigenvalue weighted by atomic mass is 9.45. The first-order valence-electron chi connectivity index (χ1n) is 10.0. The fourth-order valence-electron chi connectivity index (χ4n) is 5.65. The third-order valence-corrected chi connectivity index (χ3v) is 7.49. The fourth-order valence-corrected chi connectivity index (χ4v) is 5.65. The molecule has 0 amide bonds. The molecule has 0 aliphatic heterocycles. The van der Waals surface area contributed by atoms with Gasteiger partial charge in [-0.1, -0.05) is 34.3 Å². The lowest BCUT2D eigenvalue weighted by molar-refractivity contribution is -0.172. The number of carbonyl (C=O) groups is 3. The molecule has 5 nitrogen and oxygen atoms in total. The first-order chi connectivity index (χ1) is 12.4. The maximum absolute atomic E-state index is 12.4. The predicted molar refractivity (Wildman–Crippen MR) is 103 cm³/mol. The highest BCUT2D eigenvalue weighted by Crippen LogP contribution is 2.62. The topological polar surface area (TPSA) is 80.7 Å². The van der Waals surface area contributed by atoms with E-state index in [2.05, 4.69) is 27.4 Å². The van der Waals surface area contributed by atoms with E-state index >= 15 is 0 Å². The van der Waals surface area contributed by atoms with E-state index in [1.54, 1.807) is 0 Å². The van der Waals surface area contributed by atoms with Crippen LogP contribution < -0.4 is 0 Å². The smallest absolute Gasteiger partial charge is 0.303 e. The number of rotatable bonds is 6. The van der Waals surface area contributed by atoms with Crippen molar-refractivity contribution in [2.45, 2.75) is 79.2 Å². The lowest BCUT2D eigenvalue weighted by Gasteiger charge is -2.60. The predicted octanol–water partition coefficient (Wildman–Crippen LogP) is 4.40. The third kappa shape index (κ3) is 4.12. The Bertz CT molecular complexity index is 639. The molecule has 0 bridgehead atoms. The summed E-state index contributed by atoms with van der Waals surface area (Å²) in [6, 6.07) is 0. The first-order valence-corrected chi connectivity index (χ1v) is 10.0. The van der Waals surface area contributed by atoms with Crippen molar-refractivity contribution in [2.75, 3.05) is 0 Å². The van der Waals surface area contributed by atoms with Crippen LogP contribution >= 0.6 is 0 Å². The van der Waals surface area contributed by atoms with Gasteiger partial charge in [-0.05, 0) is 54.4 Å². The Balaban J connectivity index is 2.35. The number of Topliss-reactive ketones (excluding diaryl/α,β-unsaturated/α-hetero) is 1. The zero-order chi connectivity index (χ0) is 20.6. The molecule has 0 aromatic heterocycles. The second-order valence-corrected chi connectivity index (χ2v) is 9.30. The van der Waals surface area contributed by atoms with Crippen LogP contribution in [0.4, 0.5) is 0 Å². The molecule has 152 valence electrons. The summed E-state index contributed by atoms with van der Waals surface area (Å²) in [4.78, 5) is 35.1. The van der Waals surface area contributed by atoms with Crippen molar-refractivity contribution in [3.63, 3.8) is 0 Å². The lowest BCUT2D eigenvalue weighted by Crippen LogP contribution is -2.57. The van der Waals surface area contributed by atoms with E-state index in [0.29, 0.717) is 18.4 Å². The molecular weight excluding hydrogens is 344 g/mol. The highest BCUT2D eigenvalue weighted by molar-refractivity contribution is 5.97. The van der Waals surface area contributed by atoms with Crippen LogP contribution in [0.2, 0.25) is 0 Å². The van der Waals surface area contributed by atoms with E-state index in [1.165, 1.54) is 6.92 Å². The quantitative estimate of drug-likeness (QED) is 0.547. The van der Waals surface area contributed by atoms with Gasteiger partial charge in [0, 0.05) is 25.2 Å². The Morgan fingerprint density at radius 1 is 1.37 bits per heavy atom. The zero-order valence-corrected chi connectivity index (χ0v) is 17.3. The highest BCUT2D eigenvalue weighted by Gasteiger charge is 2.59. The molecule has 0 heterocycles. The van der Waals surface area contributed by atoms with Gasteiger partial charge in [0.2, 0.25) is 0 Å². The van der Waals surface area contributed by atoms with Crippen molar-refractivity contribution in [1.29, 1.82) is 0 Å². The molecule has 2 saturated carbocycles. The molecule has 2 rings (SSSR count). The monoisotopic (exact) mass is 378 g/mol. The van der Waals surface area contributed by atoms with Gasteiger partial charge < -0.3 is 9.84 Å². The van der Waals surface area contributed by atoms with Crippen molar-refractivity contribution in [3.05, 3.63) is 12.2 Å². The van der Waals surface area contributed by atoms with Crippen molar-refractivity contribution in [3.8, 4) is 0 Å². The van der Waals surface area contributed by atoms with Crippen LogP contribution in [0.25, 0.3) is 0 Å². The molecule has 1 N–H and O–H groups in total. The van der Waals surface area contributed by atoms with Crippen molar-refractivity contribution in [1.82, 2.24) is 0 Å². The van der Waals surface area contributed by atoms with Crippen LogP contribution in [0.3, 0.4) is 0 Å². The van der Waals surface area contributed by atoms with Gasteiger partial charge in [0.25, 0.3) is 0 Å². The molecule has 0 aromatic rings. The molecule has 0 radical (unpaired) electrons. The number of carboxylic acids is 1. The number of fused-ring (bicyclic) bond motifs is 1. The maximum atomic E-state index is 12.4. The Labute approximate surface area is 162 Å². The number of allylic oxidation sites excluding steroid dienone is 1. The van der Waals surface area contributed by atoms with E-state index in [0.717, 1.165) is 19.3 Å². The van der Waals surface area contributed by atoms with Crippen LogP contribution in [0.15, 0.2) is 12.2 Å². The average molecular weight is 379 g/mol. The van der Waals surface area contributed by atoms with Gasteiger partial charge in [0.1, 0.15) is 6.10 Å². The van der Waals surface area contributed by atoms with Gasteiger partial charge in [-0.3, -0.25) is 14.4 Å². The van der Waals surface area contributed by atoms with E-state index in [-0.39, 0.29) is 52.9 Å². The molecule has 5 heteroatoms. The summed E-state index contributed by atoms with van der Waals surface area (Å²) in [5, 5.41) is 9.06. The van der Waals surface area contributed by atoms with Gasteiger partial charge in [-0.15, -0.1) is 0 Å². The molecule has 2 aliphatic carbocycles. The van der Waals surface area contributed by atoms with Crippen LogP contribution in [0.1, 0.15) is 73.1 Å². The number of hydrogen-bond acceptors (Lipinski definition) is 4. The second-order valence-electron chi connectivity index (χ2n) is 9.30. The molecular formula is C22H34O5. The summed E-state index contributed by atoms with van der Waals surface area (Å²) < 4.78 is 5.68. The minimum atomic E-state index is -0.774.